The Morgan fingerprint density at radius 2 is 1.82 bits per heavy atom. The molecule has 2 atom stereocenters. The number of nitrogens with two attached hydrogens (primary N) is 1. The van der Waals surface area contributed by atoms with E-state index in [1.807, 2.05) is 12.1 Å². The Balaban J connectivity index is 2.68. The molecule has 0 fully saturated rings. The predicted molar refractivity (Wildman–Crippen MR) is 71.7 cm³/mol. The van der Waals surface area contributed by atoms with Gasteiger partial charge in [-0.2, -0.15) is 0 Å². The average Bonchev–Trinajstić information content (AvgIpc) is 2.35. The van der Waals surface area contributed by atoms with Crippen LogP contribution >= 0.6 is 0 Å². The maximum absolute atomic E-state index is 12.9. The minimum Gasteiger partial charge on any atom is -0.370 e. The van der Waals surface area contributed by atoms with Crippen molar-refractivity contribution in [1.82, 2.24) is 0 Å². The zero-order valence-corrected chi connectivity index (χ0v) is 11.0. The average molecular weight is 238 g/mol. The van der Waals surface area contributed by atoms with Crippen molar-refractivity contribution in [3.05, 3.63) is 30.1 Å². The van der Waals surface area contributed by atoms with Crippen molar-refractivity contribution in [1.29, 1.82) is 0 Å². The molecule has 0 aromatic heterocycles. The van der Waals surface area contributed by atoms with Gasteiger partial charge in [0.25, 0.3) is 0 Å². The number of nitrogens with zero attached hydrogens (tertiary/aromatic N) is 1. The highest BCUT2D eigenvalue weighted by molar-refractivity contribution is 5.46. The van der Waals surface area contributed by atoms with Crippen LogP contribution in [-0.4, -0.2) is 19.1 Å². The Bertz CT molecular complexity index is 323. The van der Waals surface area contributed by atoms with E-state index < -0.39 is 0 Å². The molecule has 96 valence electrons. The monoisotopic (exact) mass is 238 g/mol. The van der Waals surface area contributed by atoms with Crippen molar-refractivity contribution in [2.24, 2.45) is 11.7 Å². The molecular formula is C14H23FN2. The standard InChI is InChI=1S/C14H23FN2/c1-4-11(3)14(16)10-17(5-2)13-8-6-12(15)7-9-13/h6-9,11,14H,4-5,10,16H2,1-3H3. The molecule has 2 unspecified atom stereocenters. The summed E-state index contributed by atoms with van der Waals surface area (Å²) in [6.07, 6.45) is 1.09. The molecule has 2 nitrogen and oxygen atoms in total. The van der Waals surface area contributed by atoms with Gasteiger partial charge < -0.3 is 10.6 Å². The smallest absolute Gasteiger partial charge is 0.123 e. The lowest BCUT2D eigenvalue weighted by Crippen LogP contribution is -2.41. The summed E-state index contributed by atoms with van der Waals surface area (Å²) in [6, 6.07) is 6.76. The highest BCUT2D eigenvalue weighted by Gasteiger charge is 2.14. The van der Waals surface area contributed by atoms with Gasteiger partial charge in [-0.25, -0.2) is 4.39 Å². The summed E-state index contributed by atoms with van der Waals surface area (Å²) in [5.41, 5.74) is 7.19. The van der Waals surface area contributed by atoms with E-state index in [-0.39, 0.29) is 11.9 Å². The van der Waals surface area contributed by atoms with Gasteiger partial charge in [0.05, 0.1) is 0 Å². The zero-order chi connectivity index (χ0) is 12.8. The summed E-state index contributed by atoms with van der Waals surface area (Å²) in [5, 5.41) is 0. The van der Waals surface area contributed by atoms with Crippen LogP contribution in [0.4, 0.5) is 10.1 Å². The molecule has 0 spiro atoms. The normalized spacial score (nSPS) is 14.4. The van der Waals surface area contributed by atoms with E-state index in [9.17, 15) is 4.39 Å². The number of anilines is 1. The first-order valence-electron chi connectivity index (χ1n) is 6.34. The van der Waals surface area contributed by atoms with Crippen LogP contribution in [-0.2, 0) is 0 Å². The summed E-state index contributed by atoms with van der Waals surface area (Å²) >= 11 is 0. The van der Waals surface area contributed by atoms with Gasteiger partial charge in [0.2, 0.25) is 0 Å². The second kappa shape index (κ2) is 6.60. The molecule has 1 rings (SSSR count). The Morgan fingerprint density at radius 1 is 1.24 bits per heavy atom. The van der Waals surface area contributed by atoms with E-state index in [2.05, 4.69) is 25.7 Å². The number of likely N-dealkylation sites (N-methyl/N-ethyl adjacent to an activating group) is 1. The van der Waals surface area contributed by atoms with E-state index >= 15 is 0 Å². The molecule has 0 saturated heterocycles. The van der Waals surface area contributed by atoms with Gasteiger partial charge in [0, 0.05) is 24.8 Å². The van der Waals surface area contributed by atoms with Crippen LogP contribution in [0.1, 0.15) is 27.2 Å². The van der Waals surface area contributed by atoms with E-state index in [0.29, 0.717) is 5.92 Å². The van der Waals surface area contributed by atoms with Crippen molar-refractivity contribution in [2.75, 3.05) is 18.0 Å². The molecule has 1 aromatic carbocycles. The molecule has 2 N–H and O–H groups in total. The summed E-state index contributed by atoms with van der Waals surface area (Å²) in [6.45, 7) is 8.11. The maximum Gasteiger partial charge on any atom is 0.123 e. The summed E-state index contributed by atoms with van der Waals surface area (Å²) in [7, 11) is 0. The fourth-order valence-electron chi connectivity index (χ4n) is 1.81. The minimum atomic E-state index is -0.198. The first-order valence-corrected chi connectivity index (χ1v) is 6.34. The van der Waals surface area contributed by atoms with E-state index in [4.69, 9.17) is 5.73 Å². The van der Waals surface area contributed by atoms with Crippen molar-refractivity contribution in [2.45, 2.75) is 33.2 Å². The molecule has 0 bridgehead atoms. The van der Waals surface area contributed by atoms with Crippen LogP contribution in [0.5, 0.6) is 0 Å². The van der Waals surface area contributed by atoms with Crippen LogP contribution in [0.25, 0.3) is 0 Å². The maximum atomic E-state index is 12.9. The molecule has 0 amide bonds. The molecule has 0 heterocycles. The van der Waals surface area contributed by atoms with Crippen LogP contribution in [0.2, 0.25) is 0 Å². The molecule has 1 aromatic rings. The molecule has 0 aliphatic rings. The van der Waals surface area contributed by atoms with Gasteiger partial charge in [-0.05, 0) is 37.1 Å². The van der Waals surface area contributed by atoms with Gasteiger partial charge >= 0.3 is 0 Å². The number of hydrogen-bond acceptors (Lipinski definition) is 2. The zero-order valence-electron chi connectivity index (χ0n) is 11.0. The number of hydrogen-bond donors (Lipinski definition) is 1. The lowest BCUT2D eigenvalue weighted by molar-refractivity contribution is 0.439. The SMILES string of the molecule is CCC(C)C(N)CN(CC)c1ccc(F)cc1. The second-order valence-corrected chi connectivity index (χ2v) is 4.56. The highest BCUT2D eigenvalue weighted by Crippen LogP contribution is 2.16. The molecule has 0 radical (unpaired) electrons. The van der Waals surface area contributed by atoms with Crippen LogP contribution in [0, 0.1) is 11.7 Å². The lowest BCUT2D eigenvalue weighted by atomic mass is 9.99. The Hall–Kier alpha value is -1.09. The van der Waals surface area contributed by atoms with Gasteiger partial charge in [-0.15, -0.1) is 0 Å². The van der Waals surface area contributed by atoms with Gasteiger partial charge in [-0.3, -0.25) is 0 Å². The van der Waals surface area contributed by atoms with Crippen LogP contribution in [0.15, 0.2) is 24.3 Å². The summed E-state index contributed by atoms with van der Waals surface area (Å²) < 4.78 is 12.9. The van der Waals surface area contributed by atoms with Crippen LogP contribution in [0.3, 0.4) is 0 Å². The van der Waals surface area contributed by atoms with Crippen molar-refractivity contribution >= 4 is 5.69 Å². The topological polar surface area (TPSA) is 29.3 Å². The summed E-state index contributed by atoms with van der Waals surface area (Å²) in [5.74, 6) is 0.306. The Kier molecular flexibility index (Phi) is 5.42. The third-order valence-electron chi connectivity index (χ3n) is 3.38. The lowest BCUT2D eigenvalue weighted by Gasteiger charge is -2.29. The van der Waals surface area contributed by atoms with Gasteiger partial charge in [0.15, 0.2) is 0 Å². The fraction of sp³-hybridized carbons (Fsp3) is 0.571. The number of halogens is 1. The van der Waals surface area contributed by atoms with Crippen molar-refractivity contribution in [3.8, 4) is 0 Å². The first kappa shape index (κ1) is 14.0. The molecular weight excluding hydrogens is 215 g/mol. The molecule has 0 aliphatic carbocycles. The first-order chi connectivity index (χ1) is 8.08. The third kappa shape index (κ3) is 4.00. The third-order valence-corrected chi connectivity index (χ3v) is 3.38. The molecule has 3 heteroatoms. The Morgan fingerprint density at radius 3 is 2.29 bits per heavy atom. The highest BCUT2D eigenvalue weighted by atomic mass is 19.1. The molecule has 0 saturated carbocycles. The van der Waals surface area contributed by atoms with Crippen LogP contribution < -0.4 is 10.6 Å². The number of rotatable bonds is 6. The van der Waals surface area contributed by atoms with E-state index in [0.717, 1.165) is 25.2 Å². The van der Waals surface area contributed by atoms with E-state index in [1.54, 1.807) is 0 Å². The fourth-order valence-corrected chi connectivity index (χ4v) is 1.81. The summed E-state index contributed by atoms with van der Waals surface area (Å²) in [4.78, 5) is 2.19. The molecule has 17 heavy (non-hydrogen) atoms. The van der Waals surface area contributed by atoms with Crippen molar-refractivity contribution < 1.29 is 4.39 Å². The predicted octanol–water partition coefficient (Wildman–Crippen LogP) is 3.03. The quantitative estimate of drug-likeness (QED) is 0.825. The Labute approximate surface area is 104 Å². The van der Waals surface area contributed by atoms with Crippen molar-refractivity contribution in [3.63, 3.8) is 0 Å². The second-order valence-electron chi connectivity index (χ2n) is 4.56. The van der Waals surface area contributed by atoms with Gasteiger partial charge in [-0.1, -0.05) is 20.3 Å². The minimum absolute atomic E-state index is 0.157. The largest absolute Gasteiger partial charge is 0.370 e. The number of benzene rings is 1. The van der Waals surface area contributed by atoms with Gasteiger partial charge in [0.1, 0.15) is 5.82 Å². The molecule has 0 aliphatic heterocycles. The van der Waals surface area contributed by atoms with E-state index in [1.165, 1.54) is 12.1 Å².